The van der Waals surface area contributed by atoms with E-state index in [1.54, 1.807) is 67.6 Å². The highest BCUT2D eigenvalue weighted by Gasteiger charge is 2.32. The average molecular weight is 556 g/mol. The number of benzene rings is 3. The molecule has 0 saturated carbocycles. The molecule has 0 radical (unpaired) electrons. The highest BCUT2D eigenvalue weighted by molar-refractivity contribution is 7.92. The predicted octanol–water partition coefficient (Wildman–Crippen LogP) is 5.18. The van der Waals surface area contributed by atoms with Gasteiger partial charge in [-0.15, -0.1) is 0 Å². The first kappa shape index (κ1) is 29.2. The molecule has 2 amide bonds. The maximum Gasteiger partial charge on any atom is 0.264 e. The molecule has 0 aliphatic heterocycles. The van der Waals surface area contributed by atoms with Crippen molar-refractivity contribution in [2.75, 3.05) is 10.8 Å². The molecule has 0 saturated heterocycles. The molecule has 202 valence electrons. The number of hydrogen-bond donors (Lipinski definition) is 1. The molecule has 0 fully saturated rings. The Balaban J connectivity index is 2.01. The average Bonchev–Trinajstić information content (AvgIpc) is 2.90. The molecule has 1 N–H and O–H groups in total. The number of carbonyl (C=O) groups is 2. The van der Waals surface area contributed by atoms with Gasteiger partial charge in [0.1, 0.15) is 12.6 Å². The van der Waals surface area contributed by atoms with Crippen LogP contribution in [0.3, 0.4) is 0 Å². The van der Waals surface area contributed by atoms with Crippen molar-refractivity contribution in [3.8, 4) is 0 Å². The molecule has 0 aromatic heterocycles. The van der Waals surface area contributed by atoms with E-state index in [0.29, 0.717) is 10.7 Å². The van der Waals surface area contributed by atoms with Gasteiger partial charge in [0.25, 0.3) is 10.0 Å². The van der Waals surface area contributed by atoms with Crippen LogP contribution >= 0.6 is 11.6 Å². The molecular formula is C29H34ClN3O4S. The Kier molecular flexibility index (Phi) is 9.94. The summed E-state index contributed by atoms with van der Waals surface area (Å²) in [5.41, 5.74) is 2.03. The van der Waals surface area contributed by atoms with Crippen molar-refractivity contribution in [3.05, 3.63) is 95.0 Å². The summed E-state index contributed by atoms with van der Waals surface area (Å²) in [5, 5.41) is 3.42. The van der Waals surface area contributed by atoms with Gasteiger partial charge in [-0.1, -0.05) is 66.6 Å². The van der Waals surface area contributed by atoms with Gasteiger partial charge in [0, 0.05) is 17.6 Å². The third kappa shape index (κ3) is 7.36. The highest BCUT2D eigenvalue weighted by Crippen LogP contribution is 2.25. The number of rotatable bonds is 11. The fourth-order valence-electron chi connectivity index (χ4n) is 3.84. The fraction of sp³-hybridized carbons (Fsp3) is 0.310. The van der Waals surface area contributed by atoms with E-state index < -0.39 is 28.5 Å². The number of halogens is 1. The second-order valence-corrected chi connectivity index (χ2v) is 11.6. The molecule has 3 aromatic carbocycles. The lowest BCUT2D eigenvalue weighted by Crippen LogP contribution is -2.52. The zero-order valence-corrected chi connectivity index (χ0v) is 23.7. The molecule has 0 spiro atoms. The summed E-state index contributed by atoms with van der Waals surface area (Å²) in [6.45, 7) is 6.98. The zero-order chi connectivity index (χ0) is 27.9. The number of nitrogens with zero attached hydrogens (tertiary/aromatic N) is 2. The molecule has 3 rings (SSSR count). The van der Waals surface area contributed by atoms with Gasteiger partial charge in [-0.2, -0.15) is 0 Å². The maximum absolute atomic E-state index is 13.9. The zero-order valence-electron chi connectivity index (χ0n) is 22.1. The number of carbonyl (C=O) groups excluding carboxylic acids is 2. The van der Waals surface area contributed by atoms with Crippen molar-refractivity contribution in [1.29, 1.82) is 0 Å². The smallest absolute Gasteiger partial charge is 0.264 e. The van der Waals surface area contributed by atoms with Crippen LogP contribution in [-0.2, 0) is 26.2 Å². The van der Waals surface area contributed by atoms with E-state index in [2.05, 4.69) is 5.32 Å². The van der Waals surface area contributed by atoms with Crippen LogP contribution in [0.4, 0.5) is 5.69 Å². The maximum atomic E-state index is 13.9. The van der Waals surface area contributed by atoms with Gasteiger partial charge >= 0.3 is 0 Å². The number of sulfonamides is 1. The molecule has 9 heteroatoms. The molecule has 7 nitrogen and oxygen atoms in total. The summed E-state index contributed by atoms with van der Waals surface area (Å²) in [5.74, 6) is -0.834. The summed E-state index contributed by atoms with van der Waals surface area (Å²) in [6.07, 6.45) is 0.733. The Labute approximate surface area is 230 Å². The van der Waals surface area contributed by atoms with Crippen molar-refractivity contribution >= 4 is 39.1 Å². The summed E-state index contributed by atoms with van der Waals surface area (Å²) in [4.78, 5) is 28.4. The van der Waals surface area contributed by atoms with Gasteiger partial charge in [-0.25, -0.2) is 8.42 Å². The standard InChI is InChI=1S/C29H34ClN3O4S/c1-5-22(3)31-29(35)23(4)32(19-24-10-9-11-25(30)18-24)28(34)20-33(26-16-14-21(2)15-17-26)38(36,37)27-12-7-6-8-13-27/h6-18,22-23H,5,19-20H2,1-4H3,(H,31,35)/t22-,23-/m1/s1. The molecule has 2 atom stereocenters. The minimum Gasteiger partial charge on any atom is -0.352 e. The van der Waals surface area contributed by atoms with Crippen molar-refractivity contribution in [1.82, 2.24) is 10.2 Å². The number of nitrogens with one attached hydrogen (secondary N) is 1. The first-order valence-corrected chi connectivity index (χ1v) is 14.3. The SMILES string of the molecule is CC[C@@H](C)NC(=O)[C@@H](C)N(Cc1cccc(Cl)c1)C(=O)CN(c1ccc(C)cc1)S(=O)(=O)c1ccccc1. The van der Waals surface area contributed by atoms with E-state index in [0.717, 1.165) is 21.9 Å². The molecule has 0 heterocycles. The van der Waals surface area contributed by atoms with Crippen LogP contribution in [0.5, 0.6) is 0 Å². The molecule has 38 heavy (non-hydrogen) atoms. The topological polar surface area (TPSA) is 86.8 Å². The van der Waals surface area contributed by atoms with Gasteiger partial charge in [0.15, 0.2) is 0 Å². The quantitative estimate of drug-likeness (QED) is 0.353. The van der Waals surface area contributed by atoms with Gasteiger partial charge in [0.05, 0.1) is 10.6 Å². The first-order valence-electron chi connectivity index (χ1n) is 12.5. The number of aryl methyl sites for hydroxylation is 1. The molecule has 0 aliphatic carbocycles. The minimum absolute atomic E-state index is 0.0670. The van der Waals surface area contributed by atoms with E-state index in [1.807, 2.05) is 26.8 Å². The Bertz CT molecular complexity index is 1350. The predicted molar refractivity (Wildman–Crippen MR) is 152 cm³/mol. The number of amides is 2. The Morgan fingerprint density at radius 1 is 0.947 bits per heavy atom. The Hall–Kier alpha value is -3.36. The second-order valence-electron chi connectivity index (χ2n) is 9.31. The van der Waals surface area contributed by atoms with Gasteiger partial charge in [-0.05, 0) is 69.2 Å². The van der Waals surface area contributed by atoms with E-state index >= 15 is 0 Å². The summed E-state index contributed by atoms with van der Waals surface area (Å²) in [7, 11) is -4.08. The molecular weight excluding hydrogens is 522 g/mol. The van der Waals surface area contributed by atoms with Crippen LogP contribution in [0.15, 0.2) is 83.8 Å². The Morgan fingerprint density at radius 2 is 1.61 bits per heavy atom. The fourth-order valence-corrected chi connectivity index (χ4v) is 5.49. The lowest BCUT2D eigenvalue weighted by Gasteiger charge is -2.32. The number of hydrogen-bond acceptors (Lipinski definition) is 4. The summed E-state index contributed by atoms with van der Waals surface area (Å²) in [6, 6.07) is 21.0. The van der Waals surface area contributed by atoms with E-state index in [9.17, 15) is 18.0 Å². The second kappa shape index (κ2) is 12.9. The first-order chi connectivity index (χ1) is 18.0. The van der Waals surface area contributed by atoms with Crippen LogP contribution < -0.4 is 9.62 Å². The minimum atomic E-state index is -4.08. The summed E-state index contributed by atoms with van der Waals surface area (Å²) >= 11 is 6.17. The number of anilines is 1. The molecule has 3 aromatic rings. The third-order valence-corrected chi connectivity index (χ3v) is 8.37. The van der Waals surface area contributed by atoms with Gasteiger partial charge < -0.3 is 10.2 Å². The monoisotopic (exact) mass is 555 g/mol. The Morgan fingerprint density at radius 3 is 2.21 bits per heavy atom. The molecule has 0 unspecified atom stereocenters. The van der Waals surface area contributed by atoms with Gasteiger partial charge in [0.2, 0.25) is 11.8 Å². The largest absolute Gasteiger partial charge is 0.352 e. The normalized spacial score (nSPS) is 12.9. The van der Waals surface area contributed by atoms with Crippen LogP contribution in [0.1, 0.15) is 38.3 Å². The lowest BCUT2D eigenvalue weighted by molar-refractivity contribution is -0.139. The lowest BCUT2D eigenvalue weighted by atomic mass is 10.1. The van der Waals surface area contributed by atoms with Gasteiger partial charge in [-0.3, -0.25) is 13.9 Å². The van der Waals surface area contributed by atoms with Crippen molar-refractivity contribution in [2.24, 2.45) is 0 Å². The third-order valence-electron chi connectivity index (χ3n) is 6.34. The van der Waals surface area contributed by atoms with E-state index in [-0.39, 0.29) is 23.4 Å². The van der Waals surface area contributed by atoms with Crippen LogP contribution in [-0.4, -0.2) is 43.8 Å². The van der Waals surface area contributed by atoms with Crippen molar-refractivity contribution in [3.63, 3.8) is 0 Å². The molecule has 0 bridgehead atoms. The summed E-state index contributed by atoms with van der Waals surface area (Å²) < 4.78 is 28.5. The van der Waals surface area contributed by atoms with Crippen molar-refractivity contribution in [2.45, 2.75) is 57.6 Å². The van der Waals surface area contributed by atoms with Crippen molar-refractivity contribution < 1.29 is 18.0 Å². The van der Waals surface area contributed by atoms with E-state index in [1.165, 1.54) is 17.0 Å². The van der Waals surface area contributed by atoms with Crippen LogP contribution in [0.25, 0.3) is 0 Å². The van der Waals surface area contributed by atoms with E-state index in [4.69, 9.17) is 11.6 Å². The van der Waals surface area contributed by atoms with Crippen LogP contribution in [0.2, 0.25) is 5.02 Å². The highest BCUT2D eigenvalue weighted by atomic mass is 35.5. The van der Waals surface area contributed by atoms with Crippen LogP contribution in [0, 0.1) is 6.92 Å². The molecule has 0 aliphatic rings.